The van der Waals surface area contributed by atoms with E-state index in [9.17, 15) is 0 Å². The largest absolute Gasteiger partial charge is 0.135 e. The molecule has 1 aromatic heterocycles. The van der Waals surface area contributed by atoms with Gasteiger partial charge in [0.2, 0.25) is 0 Å². The summed E-state index contributed by atoms with van der Waals surface area (Å²) >= 11 is 5.43. The second-order valence-corrected chi connectivity index (χ2v) is 7.92. The number of halogens is 1. The highest BCUT2D eigenvalue weighted by Crippen LogP contribution is 2.44. The summed E-state index contributed by atoms with van der Waals surface area (Å²) in [5.74, 6) is 0. The molecule has 0 bridgehead atoms. The molecule has 0 aliphatic carbocycles. The molecule has 0 unspecified atom stereocenters. The number of benzene rings is 4. The van der Waals surface area contributed by atoms with Crippen LogP contribution in [0.15, 0.2) is 83.3 Å². The van der Waals surface area contributed by atoms with Gasteiger partial charge in [0.25, 0.3) is 0 Å². The van der Waals surface area contributed by atoms with Gasteiger partial charge in [-0.3, -0.25) is 0 Å². The van der Waals surface area contributed by atoms with Crippen molar-refractivity contribution in [2.75, 3.05) is 0 Å². The number of hydrogen-bond donors (Lipinski definition) is 0. The summed E-state index contributed by atoms with van der Waals surface area (Å²) in [6.45, 7) is 0. The minimum absolute atomic E-state index is 1.11. The van der Waals surface area contributed by atoms with Crippen LogP contribution in [0.2, 0.25) is 0 Å². The van der Waals surface area contributed by atoms with E-state index in [2.05, 4.69) is 94.8 Å². The highest BCUT2D eigenvalue weighted by molar-refractivity contribution is 9.10. The van der Waals surface area contributed by atoms with Crippen LogP contribution in [-0.4, -0.2) is 0 Å². The van der Waals surface area contributed by atoms with Gasteiger partial charge in [0, 0.05) is 30.2 Å². The van der Waals surface area contributed by atoms with Gasteiger partial charge in [-0.25, -0.2) is 0 Å². The summed E-state index contributed by atoms with van der Waals surface area (Å²) in [6.07, 6.45) is 0. The fraction of sp³-hybridized carbons (Fsp3) is 0. The zero-order valence-corrected chi connectivity index (χ0v) is 15.2. The van der Waals surface area contributed by atoms with E-state index in [1.54, 1.807) is 0 Å². The number of thiophene rings is 1. The van der Waals surface area contributed by atoms with Crippen molar-refractivity contribution in [2.24, 2.45) is 0 Å². The highest BCUT2D eigenvalue weighted by Gasteiger charge is 2.13. The van der Waals surface area contributed by atoms with Gasteiger partial charge in [0.05, 0.1) is 0 Å². The van der Waals surface area contributed by atoms with Crippen molar-refractivity contribution in [3.63, 3.8) is 0 Å². The first-order valence-corrected chi connectivity index (χ1v) is 9.51. The number of hydrogen-bond acceptors (Lipinski definition) is 1. The molecule has 0 nitrogen and oxygen atoms in total. The smallest absolute Gasteiger partial charge is 0.0440 e. The van der Waals surface area contributed by atoms with Crippen LogP contribution in [0.4, 0.5) is 0 Å². The average Bonchev–Trinajstić information content (AvgIpc) is 3.02. The zero-order chi connectivity index (χ0) is 16.1. The molecular weight excluding hydrogens is 376 g/mol. The lowest BCUT2D eigenvalue weighted by molar-refractivity contribution is 1.64. The van der Waals surface area contributed by atoms with Gasteiger partial charge in [-0.15, -0.1) is 11.3 Å². The standard InChI is InChI=1S/C22H13BrS/c23-16-11-9-14(10-12-16)19-13-15-5-1-2-6-17(15)21-18-7-3-4-8-20(18)24-22(19)21/h1-13H. The van der Waals surface area contributed by atoms with Crippen molar-refractivity contribution in [3.05, 3.63) is 83.3 Å². The van der Waals surface area contributed by atoms with Crippen molar-refractivity contribution >= 4 is 58.2 Å². The first kappa shape index (κ1) is 14.2. The molecule has 24 heavy (non-hydrogen) atoms. The van der Waals surface area contributed by atoms with Crippen LogP contribution in [0, 0.1) is 0 Å². The minimum Gasteiger partial charge on any atom is -0.135 e. The van der Waals surface area contributed by atoms with Crippen LogP contribution in [0.5, 0.6) is 0 Å². The molecule has 0 atom stereocenters. The fourth-order valence-corrected chi connectivity index (χ4v) is 4.94. The highest BCUT2D eigenvalue weighted by atomic mass is 79.9. The molecule has 0 N–H and O–H groups in total. The van der Waals surface area contributed by atoms with Crippen molar-refractivity contribution in [2.45, 2.75) is 0 Å². The molecule has 1 heterocycles. The Bertz CT molecular complexity index is 1200. The van der Waals surface area contributed by atoms with Gasteiger partial charge >= 0.3 is 0 Å². The van der Waals surface area contributed by atoms with Crippen LogP contribution in [0.3, 0.4) is 0 Å². The van der Waals surface area contributed by atoms with Gasteiger partial charge in [-0.1, -0.05) is 70.5 Å². The second-order valence-electron chi connectivity index (χ2n) is 5.95. The summed E-state index contributed by atoms with van der Waals surface area (Å²) in [4.78, 5) is 0. The van der Waals surface area contributed by atoms with Crippen molar-refractivity contribution < 1.29 is 0 Å². The molecule has 0 spiro atoms. The maximum Gasteiger partial charge on any atom is 0.0440 e. The van der Waals surface area contributed by atoms with Gasteiger partial charge in [-0.05, 0) is 40.6 Å². The van der Waals surface area contributed by atoms with Gasteiger partial charge in [0.1, 0.15) is 0 Å². The third-order valence-electron chi connectivity index (χ3n) is 4.53. The number of fused-ring (bicyclic) bond motifs is 5. The van der Waals surface area contributed by atoms with E-state index in [0.29, 0.717) is 0 Å². The van der Waals surface area contributed by atoms with Gasteiger partial charge < -0.3 is 0 Å². The molecule has 5 rings (SSSR count). The number of rotatable bonds is 1. The quantitative estimate of drug-likeness (QED) is 0.276. The molecule has 0 radical (unpaired) electrons. The molecule has 4 aromatic carbocycles. The van der Waals surface area contributed by atoms with E-state index in [-0.39, 0.29) is 0 Å². The predicted octanol–water partition coefficient (Wildman–Crippen LogP) is 7.64. The monoisotopic (exact) mass is 388 g/mol. The van der Waals surface area contributed by atoms with E-state index in [4.69, 9.17) is 0 Å². The Kier molecular flexibility index (Phi) is 3.22. The topological polar surface area (TPSA) is 0 Å². The lowest BCUT2D eigenvalue weighted by Crippen LogP contribution is -1.81. The summed E-state index contributed by atoms with van der Waals surface area (Å²) in [6, 6.07) is 28.4. The summed E-state index contributed by atoms with van der Waals surface area (Å²) in [7, 11) is 0. The van der Waals surface area contributed by atoms with E-state index in [1.165, 1.54) is 42.1 Å². The molecule has 0 aliphatic rings. The molecule has 0 fully saturated rings. The van der Waals surface area contributed by atoms with Crippen LogP contribution >= 0.6 is 27.3 Å². The van der Waals surface area contributed by atoms with Crippen LogP contribution < -0.4 is 0 Å². The Labute approximate surface area is 152 Å². The molecule has 114 valence electrons. The van der Waals surface area contributed by atoms with E-state index in [1.807, 2.05) is 11.3 Å². The van der Waals surface area contributed by atoms with Crippen molar-refractivity contribution in [1.29, 1.82) is 0 Å². The molecule has 0 saturated heterocycles. The third kappa shape index (κ3) is 2.10. The van der Waals surface area contributed by atoms with E-state index >= 15 is 0 Å². The Morgan fingerprint density at radius 1 is 0.708 bits per heavy atom. The molecule has 0 amide bonds. The molecule has 2 heteroatoms. The summed E-state index contributed by atoms with van der Waals surface area (Å²) in [5, 5.41) is 5.37. The first-order chi connectivity index (χ1) is 11.8. The lowest BCUT2D eigenvalue weighted by Gasteiger charge is -2.08. The Morgan fingerprint density at radius 2 is 1.42 bits per heavy atom. The third-order valence-corrected chi connectivity index (χ3v) is 6.26. The molecule has 0 saturated carbocycles. The van der Waals surface area contributed by atoms with E-state index in [0.717, 1.165) is 4.47 Å². The van der Waals surface area contributed by atoms with Crippen molar-refractivity contribution in [3.8, 4) is 11.1 Å². The SMILES string of the molecule is Brc1ccc(-c2cc3ccccc3c3c2sc2ccccc23)cc1. The van der Waals surface area contributed by atoms with Crippen LogP contribution in [0.1, 0.15) is 0 Å². The molecular formula is C22H13BrS. The van der Waals surface area contributed by atoms with Crippen LogP contribution in [-0.2, 0) is 0 Å². The first-order valence-electron chi connectivity index (χ1n) is 7.90. The van der Waals surface area contributed by atoms with Gasteiger partial charge in [-0.2, -0.15) is 0 Å². The molecule has 5 aromatic rings. The second kappa shape index (κ2) is 5.44. The summed E-state index contributed by atoms with van der Waals surface area (Å²) in [5.41, 5.74) is 2.58. The molecule has 0 aliphatic heterocycles. The predicted molar refractivity (Wildman–Crippen MR) is 110 cm³/mol. The maximum absolute atomic E-state index is 3.54. The summed E-state index contributed by atoms with van der Waals surface area (Å²) < 4.78 is 3.83. The Hall–Kier alpha value is -2.16. The lowest BCUT2D eigenvalue weighted by atomic mass is 9.97. The maximum atomic E-state index is 3.54. The van der Waals surface area contributed by atoms with Gasteiger partial charge in [0.15, 0.2) is 0 Å². The van der Waals surface area contributed by atoms with E-state index < -0.39 is 0 Å². The normalized spacial score (nSPS) is 11.5. The minimum atomic E-state index is 1.11. The zero-order valence-electron chi connectivity index (χ0n) is 12.8. The Morgan fingerprint density at radius 3 is 2.25 bits per heavy atom. The average molecular weight is 389 g/mol. The van der Waals surface area contributed by atoms with Crippen molar-refractivity contribution in [1.82, 2.24) is 0 Å². The Balaban J connectivity index is 2.00. The van der Waals surface area contributed by atoms with Crippen LogP contribution in [0.25, 0.3) is 42.1 Å². The fourth-order valence-electron chi connectivity index (χ4n) is 3.42.